The number of carbonyl (C=O) groups excluding carboxylic acids is 2. The Kier molecular flexibility index (Phi) is 6.59. The zero-order valence-corrected chi connectivity index (χ0v) is 17.7. The average Bonchev–Trinajstić information content (AvgIpc) is 2.67. The summed E-state index contributed by atoms with van der Waals surface area (Å²) in [4.78, 5) is 26.2. The van der Waals surface area contributed by atoms with Crippen LogP contribution in [-0.4, -0.2) is 31.6 Å². The first-order valence-electron chi connectivity index (χ1n) is 10.1. The first-order valence-corrected chi connectivity index (χ1v) is 10.1. The summed E-state index contributed by atoms with van der Waals surface area (Å²) in [7, 11) is 0. The fourth-order valence-corrected chi connectivity index (χ4v) is 3.50. The smallest absolute Gasteiger partial charge is 0.319 e. The molecule has 1 aliphatic rings. The number of benzene rings is 2. The van der Waals surface area contributed by atoms with Crippen molar-refractivity contribution in [1.82, 2.24) is 10.6 Å². The molecule has 30 heavy (non-hydrogen) atoms. The van der Waals surface area contributed by atoms with E-state index in [1.165, 1.54) is 12.1 Å². The maximum Gasteiger partial charge on any atom is 0.319 e. The van der Waals surface area contributed by atoms with E-state index in [4.69, 9.17) is 0 Å². The molecule has 1 fully saturated rings. The Balaban J connectivity index is 1.64. The van der Waals surface area contributed by atoms with Crippen molar-refractivity contribution in [2.75, 3.05) is 29.9 Å². The number of nitrogens with zero attached hydrogens (tertiary/aromatic N) is 1. The van der Waals surface area contributed by atoms with Crippen LogP contribution in [-0.2, 0) is 4.79 Å². The minimum Gasteiger partial charge on any atom is -0.360 e. The molecule has 0 radical (unpaired) electrons. The number of nitrogens with one attached hydrogen (secondary N) is 3. The molecule has 1 aliphatic heterocycles. The van der Waals surface area contributed by atoms with Gasteiger partial charge in [0.1, 0.15) is 5.82 Å². The van der Waals surface area contributed by atoms with E-state index in [0.717, 1.165) is 17.8 Å². The summed E-state index contributed by atoms with van der Waals surface area (Å²) in [5.74, 6) is -0.294. The van der Waals surface area contributed by atoms with Gasteiger partial charge in [-0.2, -0.15) is 0 Å². The van der Waals surface area contributed by atoms with Gasteiger partial charge in [0.25, 0.3) is 0 Å². The average molecular weight is 413 g/mol. The molecule has 2 aromatic rings. The molecule has 0 aromatic heterocycles. The Bertz CT molecular complexity index is 876. The minimum absolute atomic E-state index is 0.00788. The van der Waals surface area contributed by atoms with Gasteiger partial charge in [-0.05, 0) is 53.8 Å². The molecule has 6 nitrogen and oxygen atoms in total. The van der Waals surface area contributed by atoms with E-state index in [1.54, 1.807) is 12.1 Å². The van der Waals surface area contributed by atoms with Gasteiger partial charge in [0.2, 0.25) is 5.91 Å². The highest BCUT2D eigenvalue weighted by Crippen LogP contribution is 2.29. The molecule has 1 atom stereocenters. The summed E-state index contributed by atoms with van der Waals surface area (Å²) < 4.78 is 13.3. The van der Waals surface area contributed by atoms with Gasteiger partial charge in [0, 0.05) is 24.5 Å². The van der Waals surface area contributed by atoms with Gasteiger partial charge in [-0.25, -0.2) is 9.18 Å². The lowest BCUT2D eigenvalue weighted by molar-refractivity contribution is -0.120. The second-order valence-corrected chi connectivity index (χ2v) is 8.79. The minimum atomic E-state index is -0.321. The summed E-state index contributed by atoms with van der Waals surface area (Å²) in [6.07, 6.45) is 0.710. The monoisotopic (exact) mass is 412 g/mol. The molecule has 3 rings (SSSR count). The van der Waals surface area contributed by atoms with Crippen LogP contribution in [0.4, 0.5) is 20.6 Å². The van der Waals surface area contributed by atoms with Crippen LogP contribution >= 0.6 is 0 Å². The van der Waals surface area contributed by atoms with E-state index in [-0.39, 0.29) is 29.2 Å². The number of urea groups is 1. The Morgan fingerprint density at radius 1 is 1.13 bits per heavy atom. The maximum absolute atomic E-state index is 13.3. The molecule has 7 heteroatoms. The molecule has 1 heterocycles. The third kappa shape index (κ3) is 6.20. The molecule has 2 aromatic carbocycles. The highest BCUT2D eigenvalue weighted by Gasteiger charge is 2.22. The third-order valence-corrected chi connectivity index (χ3v) is 4.92. The van der Waals surface area contributed by atoms with Gasteiger partial charge in [-0.1, -0.05) is 32.9 Å². The van der Waals surface area contributed by atoms with E-state index in [0.29, 0.717) is 25.2 Å². The fraction of sp³-hybridized carbons (Fsp3) is 0.391. The number of amides is 3. The zero-order chi connectivity index (χ0) is 21.7. The Hall–Kier alpha value is -3.09. The first-order chi connectivity index (χ1) is 14.2. The van der Waals surface area contributed by atoms with Crippen molar-refractivity contribution in [3.63, 3.8) is 0 Å². The van der Waals surface area contributed by atoms with Crippen molar-refractivity contribution in [2.24, 2.45) is 5.41 Å². The Morgan fingerprint density at radius 3 is 2.40 bits per heavy atom. The van der Waals surface area contributed by atoms with E-state index in [9.17, 15) is 14.0 Å². The van der Waals surface area contributed by atoms with E-state index >= 15 is 0 Å². The Labute approximate surface area is 176 Å². The number of piperazine rings is 1. The molecular formula is C23H29FN4O2. The summed E-state index contributed by atoms with van der Waals surface area (Å²) >= 11 is 0. The lowest BCUT2D eigenvalue weighted by atomic mass is 9.85. The van der Waals surface area contributed by atoms with Gasteiger partial charge in [-0.3, -0.25) is 4.79 Å². The van der Waals surface area contributed by atoms with Crippen LogP contribution in [0.1, 0.15) is 38.8 Å². The summed E-state index contributed by atoms with van der Waals surface area (Å²) in [6, 6.07) is 13.1. The topological polar surface area (TPSA) is 73.5 Å². The second kappa shape index (κ2) is 9.15. The van der Waals surface area contributed by atoms with Gasteiger partial charge in [0.15, 0.2) is 0 Å². The second-order valence-electron chi connectivity index (χ2n) is 8.79. The van der Waals surface area contributed by atoms with Gasteiger partial charge < -0.3 is 20.9 Å². The van der Waals surface area contributed by atoms with Crippen LogP contribution in [0.5, 0.6) is 0 Å². The quantitative estimate of drug-likeness (QED) is 0.693. The molecule has 3 amide bonds. The van der Waals surface area contributed by atoms with Gasteiger partial charge >= 0.3 is 6.03 Å². The van der Waals surface area contributed by atoms with Crippen molar-refractivity contribution in [3.05, 3.63) is 59.9 Å². The van der Waals surface area contributed by atoms with Crippen molar-refractivity contribution in [3.8, 4) is 0 Å². The molecule has 1 unspecified atom stereocenters. The van der Waals surface area contributed by atoms with Gasteiger partial charge in [-0.15, -0.1) is 0 Å². The molecule has 3 N–H and O–H groups in total. The van der Waals surface area contributed by atoms with Crippen LogP contribution in [0.25, 0.3) is 0 Å². The molecule has 0 bridgehead atoms. The number of hydrogen-bond acceptors (Lipinski definition) is 3. The number of halogens is 1. The number of anilines is 2. The number of carbonyl (C=O) groups is 2. The first kappa shape index (κ1) is 21.6. The lowest BCUT2D eigenvalue weighted by Gasteiger charge is -2.29. The van der Waals surface area contributed by atoms with Crippen LogP contribution in [0.3, 0.4) is 0 Å². The highest BCUT2D eigenvalue weighted by atomic mass is 19.1. The van der Waals surface area contributed by atoms with Gasteiger partial charge in [0.05, 0.1) is 12.6 Å². The van der Waals surface area contributed by atoms with Crippen LogP contribution in [0.2, 0.25) is 0 Å². The lowest BCUT2D eigenvalue weighted by Crippen LogP contribution is -2.47. The highest BCUT2D eigenvalue weighted by molar-refractivity contribution is 5.90. The summed E-state index contributed by atoms with van der Waals surface area (Å²) in [5, 5.41) is 8.67. The molecule has 0 saturated carbocycles. The van der Waals surface area contributed by atoms with E-state index in [2.05, 4.69) is 36.7 Å². The standard InChI is InChI=1S/C23H29FN4O2/c1-23(2,3)14-20(16-4-6-17(24)7-5-16)27-22(30)26-18-8-10-19(11-9-18)28-13-12-25-21(29)15-28/h4-11,20H,12-15H2,1-3H3,(H,25,29)(H2,26,27,30). The maximum atomic E-state index is 13.3. The number of rotatable bonds is 5. The van der Waals surface area contributed by atoms with Crippen LogP contribution < -0.4 is 20.9 Å². The van der Waals surface area contributed by atoms with Crippen molar-refractivity contribution in [2.45, 2.75) is 33.2 Å². The van der Waals surface area contributed by atoms with Crippen molar-refractivity contribution in [1.29, 1.82) is 0 Å². The Morgan fingerprint density at radius 2 is 1.80 bits per heavy atom. The molecular weight excluding hydrogens is 383 g/mol. The normalized spacial score (nSPS) is 15.3. The number of hydrogen-bond donors (Lipinski definition) is 3. The van der Waals surface area contributed by atoms with E-state index < -0.39 is 0 Å². The zero-order valence-electron chi connectivity index (χ0n) is 17.7. The molecule has 160 valence electrons. The predicted octanol–water partition coefficient (Wildman–Crippen LogP) is 4.06. The summed E-state index contributed by atoms with van der Waals surface area (Å²) in [5.41, 5.74) is 2.44. The summed E-state index contributed by atoms with van der Waals surface area (Å²) in [6.45, 7) is 8.01. The van der Waals surface area contributed by atoms with Crippen LogP contribution in [0, 0.1) is 11.2 Å². The molecule has 0 spiro atoms. The van der Waals surface area contributed by atoms with Crippen molar-refractivity contribution < 1.29 is 14.0 Å². The third-order valence-electron chi connectivity index (χ3n) is 4.92. The van der Waals surface area contributed by atoms with Crippen molar-refractivity contribution >= 4 is 23.3 Å². The largest absolute Gasteiger partial charge is 0.360 e. The predicted molar refractivity (Wildman–Crippen MR) is 117 cm³/mol. The van der Waals surface area contributed by atoms with Crippen LogP contribution in [0.15, 0.2) is 48.5 Å². The molecule has 0 aliphatic carbocycles. The fourth-order valence-electron chi connectivity index (χ4n) is 3.50. The van der Waals surface area contributed by atoms with E-state index in [1.807, 2.05) is 29.2 Å². The molecule has 1 saturated heterocycles. The SMILES string of the molecule is CC(C)(C)CC(NC(=O)Nc1ccc(N2CCNC(=O)C2)cc1)c1ccc(F)cc1.